The maximum atomic E-state index is 12.0. The molecule has 1 aliphatic rings. The molecule has 28 heavy (non-hydrogen) atoms. The second kappa shape index (κ2) is 10.2. The highest BCUT2D eigenvalue weighted by atomic mass is 35.5. The first kappa shape index (κ1) is 21.0. The van der Waals surface area contributed by atoms with Crippen LogP contribution in [-0.2, 0) is 6.42 Å². The Morgan fingerprint density at radius 1 is 1.43 bits per heavy atom. The lowest BCUT2D eigenvalue weighted by molar-refractivity contribution is 0.164. The molecule has 1 atom stereocenters. The van der Waals surface area contributed by atoms with Gasteiger partial charge >= 0.3 is 6.03 Å². The molecule has 1 aromatic heterocycles. The third-order valence-electron chi connectivity index (χ3n) is 4.55. The van der Waals surface area contributed by atoms with Crippen LogP contribution in [0, 0.1) is 0 Å². The molecule has 7 nitrogen and oxygen atoms in total. The molecule has 152 valence electrons. The van der Waals surface area contributed by atoms with Gasteiger partial charge in [-0.05, 0) is 37.1 Å². The van der Waals surface area contributed by atoms with Crippen LogP contribution in [0.1, 0.15) is 19.0 Å². The number of benzene rings is 1. The molecule has 0 saturated carbocycles. The molecule has 3 N–H and O–H groups in total. The fourth-order valence-corrected chi connectivity index (χ4v) is 4.28. The normalized spacial score (nSPS) is 15.8. The van der Waals surface area contributed by atoms with E-state index < -0.39 is 6.03 Å². The molecule has 2 aromatic rings. The summed E-state index contributed by atoms with van der Waals surface area (Å²) in [5.74, 6) is 0.302. The van der Waals surface area contributed by atoms with E-state index in [0.29, 0.717) is 17.6 Å². The number of thioether (sulfide) groups is 1. The molecule has 0 unspecified atom stereocenters. The van der Waals surface area contributed by atoms with Crippen LogP contribution in [0.15, 0.2) is 39.8 Å². The fourth-order valence-electron chi connectivity index (χ4n) is 2.90. The number of anilines is 1. The molecule has 3 rings (SSSR count). The van der Waals surface area contributed by atoms with Crippen molar-refractivity contribution in [2.24, 2.45) is 0 Å². The minimum atomic E-state index is -0.405. The largest absolute Gasteiger partial charge is 0.394 e. The number of aromatic nitrogens is 1. The lowest BCUT2D eigenvalue weighted by atomic mass is 10.1. The summed E-state index contributed by atoms with van der Waals surface area (Å²) < 4.78 is 5.03. The maximum Gasteiger partial charge on any atom is 0.321 e. The maximum absolute atomic E-state index is 12.0. The summed E-state index contributed by atoms with van der Waals surface area (Å²) in [5.41, 5.74) is 0.776. The third-order valence-corrected chi connectivity index (χ3v) is 5.98. The molecule has 0 aliphatic carbocycles. The van der Waals surface area contributed by atoms with Gasteiger partial charge in [0.05, 0.1) is 18.3 Å². The Morgan fingerprint density at radius 3 is 2.82 bits per heavy atom. The van der Waals surface area contributed by atoms with Crippen LogP contribution in [0.3, 0.4) is 0 Å². The van der Waals surface area contributed by atoms with Crippen LogP contribution in [0.4, 0.5) is 10.7 Å². The number of halogens is 1. The number of likely N-dealkylation sites (tertiary alicyclic amines) is 1. The van der Waals surface area contributed by atoms with E-state index in [4.69, 9.17) is 16.1 Å². The van der Waals surface area contributed by atoms with Crippen molar-refractivity contribution in [1.82, 2.24) is 15.4 Å². The minimum absolute atomic E-state index is 0.110. The van der Waals surface area contributed by atoms with E-state index in [0.717, 1.165) is 36.8 Å². The van der Waals surface area contributed by atoms with Crippen LogP contribution in [0.25, 0.3) is 0 Å². The number of urea groups is 1. The van der Waals surface area contributed by atoms with Gasteiger partial charge in [-0.1, -0.05) is 23.7 Å². The van der Waals surface area contributed by atoms with E-state index in [1.165, 1.54) is 4.90 Å². The molecular weight excluding hydrogens is 400 g/mol. The number of aliphatic hydroxyl groups is 1. The highest BCUT2D eigenvalue weighted by molar-refractivity contribution is 8.00. The van der Waals surface area contributed by atoms with Gasteiger partial charge in [-0.2, -0.15) is 0 Å². The van der Waals surface area contributed by atoms with Crippen molar-refractivity contribution in [1.29, 1.82) is 0 Å². The molecule has 1 saturated heterocycles. The van der Waals surface area contributed by atoms with Crippen molar-refractivity contribution in [3.05, 3.63) is 41.0 Å². The molecule has 1 aromatic carbocycles. The lowest BCUT2D eigenvalue weighted by Gasteiger charge is -2.39. The number of nitrogens with zero attached hydrogens (tertiary/aromatic N) is 2. The SMILES string of the molecule is CCc1cc(NC(=O)N[C@H](CO)CCN2CC(Sc3ccc(Cl)cc3)C2)on1. The van der Waals surface area contributed by atoms with Gasteiger partial charge in [0.15, 0.2) is 0 Å². The highest BCUT2D eigenvalue weighted by Crippen LogP contribution is 2.30. The number of carbonyl (C=O) groups is 1. The zero-order valence-corrected chi connectivity index (χ0v) is 17.3. The van der Waals surface area contributed by atoms with E-state index >= 15 is 0 Å². The van der Waals surface area contributed by atoms with Gasteiger partial charge in [0.2, 0.25) is 5.88 Å². The average Bonchev–Trinajstić information content (AvgIpc) is 3.11. The lowest BCUT2D eigenvalue weighted by Crippen LogP contribution is -2.51. The quantitative estimate of drug-likeness (QED) is 0.572. The van der Waals surface area contributed by atoms with Crippen molar-refractivity contribution in [2.75, 3.05) is 31.6 Å². The Labute approximate surface area is 173 Å². The third kappa shape index (κ3) is 6.13. The van der Waals surface area contributed by atoms with Gasteiger partial charge in [-0.25, -0.2) is 4.79 Å². The molecule has 9 heteroatoms. The van der Waals surface area contributed by atoms with Gasteiger partial charge in [0, 0.05) is 40.9 Å². The fraction of sp³-hybridized carbons (Fsp3) is 0.474. The number of rotatable bonds is 9. The first-order chi connectivity index (χ1) is 13.6. The number of aliphatic hydroxyl groups excluding tert-OH is 1. The van der Waals surface area contributed by atoms with Gasteiger partial charge in [-0.3, -0.25) is 5.32 Å². The van der Waals surface area contributed by atoms with Crippen molar-refractivity contribution in [3.63, 3.8) is 0 Å². The number of hydrogen-bond donors (Lipinski definition) is 3. The van der Waals surface area contributed by atoms with E-state index in [9.17, 15) is 9.90 Å². The summed E-state index contributed by atoms with van der Waals surface area (Å²) in [6.07, 6.45) is 1.41. The highest BCUT2D eigenvalue weighted by Gasteiger charge is 2.27. The number of hydrogen-bond acceptors (Lipinski definition) is 6. The van der Waals surface area contributed by atoms with Crippen LogP contribution in [-0.4, -0.2) is 58.7 Å². The van der Waals surface area contributed by atoms with Crippen LogP contribution >= 0.6 is 23.4 Å². The standard InChI is InChI=1S/C19H25ClN4O3S/c1-2-14-9-18(27-23-14)22-19(26)21-15(12-25)7-8-24-10-17(11-24)28-16-5-3-13(20)4-6-16/h3-6,9,15,17,25H,2,7-8,10-12H2,1H3,(H2,21,22,26)/t15-/m0/s1. The van der Waals surface area contributed by atoms with Crippen molar-refractivity contribution < 1.29 is 14.4 Å². The van der Waals surface area contributed by atoms with Crippen molar-refractivity contribution >= 4 is 35.3 Å². The average molecular weight is 425 g/mol. The molecule has 1 fully saturated rings. The summed E-state index contributed by atoms with van der Waals surface area (Å²) in [6, 6.07) is 8.87. The summed E-state index contributed by atoms with van der Waals surface area (Å²) in [7, 11) is 0. The second-order valence-electron chi connectivity index (χ2n) is 6.76. The first-order valence-electron chi connectivity index (χ1n) is 9.34. The van der Waals surface area contributed by atoms with Crippen LogP contribution < -0.4 is 10.6 Å². The van der Waals surface area contributed by atoms with Crippen molar-refractivity contribution in [3.8, 4) is 0 Å². The van der Waals surface area contributed by atoms with E-state index in [1.54, 1.807) is 6.07 Å². The number of aryl methyl sites for hydroxylation is 1. The van der Waals surface area contributed by atoms with E-state index in [-0.39, 0.29) is 12.6 Å². The van der Waals surface area contributed by atoms with Crippen molar-refractivity contribution in [2.45, 2.75) is 36.0 Å². The predicted octanol–water partition coefficient (Wildman–Crippen LogP) is 3.24. The summed E-state index contributed by atoms with van der Waals surface area (Å²) in [6.45, 7) is 4.66. The van der Waals surface area contributed by atoms with E-state index in [1.807, 2.05) is 43.0 Å². The first-order valence-corrected chi connectivity index (χ1v) is 10.6. The Balaban J connectivity index is 1.34. The number of carbonyl (C=O) groups excluding carboxylic acids is 1. The Kier molecular flexibility index (Phi) is 7.61. The molecule has 0 spiro atoms. The van der Waals surface area contributed by atoms with Gasteiger partial charge in [0.1, 0.15) is 0 Å². The molecule has 0 radical (unpaired) electrons. The van der Waals surface area contributed by atoms with E-state index in [2.05, 4.69) is 20.7 Å². The van der Waals surface area contributed by atoms with Gasteiger partial charge < -0.3 is 19.8 Å². The van der Waals surface area contributed by atoms with Crippen LogP contribution in [0.5, 0.6) is 0 Å². The summed E-state index contributed by atoms with van der Waals surface area (Å²) in [4.78, 5) is 15.6. The Bertz CT molecular complexity index is 765. The molecule has 2 amide bonds. The minimum Gasteiger partial charge on any atom is -0.394 e. The zero-order valence-electron chi connectivity index (χ0n) is 15.7. The molecule has 2 heterocycles. The van der Waals surface area contributed by atoms with Gasteiger partial charge in [-0.15, -0.1) is 11.8 Å². The molecule has 1 aliphatic heterocycles. The number of amides is 2. The smallest absolute Gasteiger partial charge is 0.321 e. The van der Waals surface area contributed by atoms with Crippen LogP contribution in [0.2, 0.25) is 5.02 Å². The summed E-state index contributed by atoms with van der Waals surface area (Å²) >= 11 is 7.76. The molecule has 0 bridgehead atoms. The molecular formula is C19H25ClN4O3S. The topological polar surface area (TPSA) is 90.6 Å². The Hall–Kier alpha value is -1.74. The monoisotopic (exact) mass is 424 g/mol. The predicted molar refractivity (Wildman–Crippen MR) is 111 cm³/mol. The second-order valence-corrected chi connectivity index (χ2v) is 8.57. The van der Waals surface area contributed by atoms with Gasteiger partial charge in [0.25, 0.3) is 0 Å². The number of nitrogens with one attached hydrogen (secondary N) is 2. The zero-order chi connectivity index (χ0) is 19.9. The summed E-state index contributed by atoms with van der Waals surface area (Å²) in [5, 5.41) is 20.0. The Morgan fingerprint density at radius 2 is 2.18 bits per heavy atom.